The molecule has 33 heavy (non-hydrogen) atoms. The first kappa shape index (κ1) is 26.9. The zero-order chi connectivity index (χ0) is 22.6. The van der Waals surface area contributed by atoms with E-state index in [0.717, 1.165) is 63.4 Å². The van der Waals surface area contributed by atoms with Gasteiger partial charge in [-0.2, -0.15) is 0 Å². The Hall–Kier alpha value is -2.31. The van der Waals surface area contributed by atoms with Crippen molar-refractivity contribution in [2.45, 2.75) is 19.4 Å². The van der Waals surface area contributed by atoms with Gasteiger partial charge in [0.15, 0.2) is 5.96 Å². The highest BCUT2D eigenvalue weighted by Crippen LogP contribution is 2.12. The Labute approximate surface area is 210 Å². The predicted octanol–water partition coefficient (Wildman–Crippen LogP) is 3.35. The van der Waals surface area contributed by atoms with Crippen molar-refractivity contribution in [2.24, 2.45) is 4.99 Å². The van der Waals surface area contributed by atoms with Crippen LogP contribution in [0.2, 0.25) is 0 Å². The lowest BCUT2D eigenvalue weighted by Crippen LogP contribution is -2.41. The zero-order valence-electron chi connectivity index (χ0n) is 18.5. The number of rotatable bonds is 10. The first-order chi connectivity index (χ1) is 15.6. The van der Waals surface area contributed by atoms with Crippen molar-refractivity contribution < 1.29 is 14.1 Å². The molecular formula is C23H31FIN5O3. The fourth-order valence-electron chi connectivity index (χ4n) is 3.38. The Morgan fingerprint density at radius 1 is 1.03 bits per heavy atom. The fraction of sp³-hybridized carbons (Fsp3) is 0.435. The van der Waals surface area contributed by atoms with E-state index >= 15 is 0 Å². The van der Waals surface area contributed by atoms with E-state index < -0.39 is 4.92 Å². The van der Waals surface area contributed by atoms with Crippen LogP contribution >= 0.6 is 24.0 Å². The molecule has 0 saturated carbocycles. The SMILES string of the molecule is I.O=[N+]([O-])c1ccc(CN=C(NCCCN2CCOCC2)NCCc2ccc(F)cc2)cc1. The molecule has 1 aliphatic heterocycles. The summed E-state index contributed by atoms with van der Waals surface area (Å²) in [5.41, 5.74) is 2.00. The summed E-state index contributed by atoms with van der Waals surface area (Å²) in [6, 6.07) is 12.9. The number of halogens is 2. The van der Waals surface area contributed by atoms with Gasteiger partial charge in [-0.15, -0.1) is 24.0 Å². The van der Waals surface area contributed by atoms with Crippen molar-refractivity contribution in [3.63, 3.8) is 0 Å². The predicted molar refractivity (Wildman–Crippen MR) is 138 cm³/mol. The van der Waals surface area contributed by atoms with E-state index in [9.17, 15) is 14.5 Å². The second-order valence-corrected chi connectivity index (χ2v) is 7.63. The maximum atomic E-state index is 13.1. The molecule has 0 aromatic heterocycles. The summed E-state index contributed by atoms with van der Waals surface area (Å²) in [4.78, 5) is 17.4. The van der Waals surface area contributed by atoms with Crippen LogP contribution in [-0.4, -0.2) is 61.7 Å². The molecule has 1 aliphatic rings. The van der Waals surface area contributed by atoms with Crippen LogP contribution in [0.25, 0.3) is 0 Å². The van der Waals surface area contributed by atoms with E-state index in [0.29, 0.717) is 19.0 Å². The maximum Gasteiger partial charge on any atom is 0.269 e. The van der Waals surface area contributed by atoms with E-state index in [2.05, 4.69) is 20.5 Å². The summed E-state index contributed by atoms with van der Waals surface area (Å²) in [5, 5.41) is 17.5. The van der Waals surface area contributed by atoms with Crippen LogP contribution in [0.15, 0.2) is 53.5 Å². The highest BCUT2D eigenvalue weighted by molar-refractivity contribution is 14.0. The van der Waals surface area contributed by atoms with Gasteiger partial charge in [-0.1, -0.05) is 24.3 Å². The number of nitrogens with zero attached hydrogens (tertiary/aromatic N) is 3. The molecule has 180 valence electrons. The van der Waals surface area contributed by atoms with Crippen molar-refractivity contribution in [1.82, 2.24) is 15.5 Å². The molecule has 8 nitrogen and oxygen atoms in total. The lowest BCUT2D eigenvalue weighted by molar-refractivity contribution is -0.384. The largest absolute Gasteiger partial charge is 0.379 e. The molecule has 2 aromatic rings. The van der Waals surface area contributed by atoms with Crippen LogP contribution < -0.4 is 10.6 Å². The highest BCUT2D eigenvalue weighted by Gasteiger charge is 2.09. The summed E-state index contributed by atoms with van der Waals surface area (Å²) >= 11 is 0. The Morgan fingerprint density at radius 3 is 2.33 bits per heavy atom. The van der Waals surface area contributed by atoms with Gasteiger partial charge in [-0.05, 0) is 42.6 Å². The van der Waals surface area contributed by atoms with Gasteiger partial charge in [0, 0.05) is 38.3 Å². The van der Waals surface area contributed by atoms with E-state index in [1.165, 1.54) is 24.3 Å². The van der Waals surface area contributed by atoms with Crippen LogP contribution in [-0.2, 0) is 17.7 Å². The van der Waals surface area contributed by atoms with Crippen LogP contribution in [0.1, 0.15) is 17.5 Å². The van der Waals surface area contributed by atoms with Crippen molar-refractivity contribution in [3.8, 4) is 0 Å². The molecule has 1 saturated heterocycles. The number of guanidine groups is 1. The topological polar surface area (TPSA) is 92.0 Å². The van der Waals surface area contributed by atoms with E-state index in [4.69, 9.17) is 4.74 Å². The van der Waals surface area contributed by atoms with Gasteiger partial charge in [0.1, 0.15) is 5.82 Å². The smallest absolute Gasteiger partial charge is 0.269 e. The summed E-state index contributed by atoms with van der Waals surface area (Å²) < 4.78 is 18.5. The Balaban J connectivity index is 0.00000385. The Bertz CT molecular complexity index is 875. The molecule has 2 N–H and O–H groups in total. The minimum Gasteiger partial charge on any atom is -0.379 e. The second-order valence-electron chi connectivity index (χ2n) is 7.63. The molecule has 0 amide bonds. The number of ether oxygens (including phenoxy) is 1. The van der Waals surface area contributed by atoms with E-state index in [1.807, 2.05) is 0 Å². The third-order valence-corrected chi connectivity index (χ3v) is 5.23. The number of nitro benzene ring substituents is 1. The first-order valence-corrected chi connectivity index (χ1v) is 10.9. The summed E-state index contributed by atoms with van der Waals surface area (Å²) in [6.45, 7) is 6.37. The summed E-state index contributed by atoms with van der Waals surface area (Å²) in [6.07, 6.45) is 1.72. The molecule has 0 atom stereocenters. The van der Waals surface area contributed by atoms with Crippen LogP contribution in [0.4, 0.5) is 10.1 Å². The quantitative estimate of drug-likeness (QED) is 0.114. The number of hydrogen-bond acceptors (Lipinski definition) is 5. The van der Waals surface area contributed by atoms with Crippen molar-refractivity contribution >= 4 is 35.6 Å². The molecule has 0 radical (unpaired) electrons. The molecule has 0 spiro atoms. The van der Waals surface area contributed by atoms with Crippen molar-refractivity contribution in [2.75, 3.05) is 45.9 Å². The van der Waals surface area contributed by atoms with Gasteiger partial charge in [-0.25, -0.2) is 9.38 Å². The van der Waals surface area contributed by atoms with Gasteiger partial charge in [0.2, 0.25) is 0 Å². The fourth-order valence-corrected chi connectivity index (χ4v) is 3.38. The van der Waals surface area contributed by atoms with Crippen LogP contribution in [0.3, 0.4) is 0 Å². The third-order valence-electron chi connectivity index (χ3n) is 5.23. The number of nitro groups is 1. The average Bonchev–Trinajstić information content (AvgIpc) is 2.82. The van der Waals surface area contributed by atoms with Crippen LogP contribution in [0.5, 0.6) is 0 Å². The molecular weight excluding hydrogens is 540 g/mol. The Kier molecular flexibility index (Phi) is 12.0. The average molecular weight is 571 g/mol. The van der Waals surface area contributed by atoms with Gasteiger partial charge in [0.25, 0.3) is 5.69 Å². The highest BCUT2D eigenvalue weighted by atomic mass is 127. The standard InChI is InChI=1S/C23H30FN5O3.HI/c24-21-6-2-19(3-7-21)10-12-26-23(25-11-1-13-28-14-16-32-17-15-28)27-18-20-4-8-22(9-5-20)29(30)31;/h2-9H,1,10-18H2,(H2,25,26,27);1H. The number of benzene rings is 2. The molecule has 1 heterocycles. The second kappa shape index (κ2) is 14.8. The number of hydrogen-bond donors (Lipinski definition) is 2. The molecule has 2 aromatic carbocycles. The van der Waals surface area contributed by atoms with Crippen molar-refractivity contribution in [1.29, 1.82) is 0 Å². The Morgan fingerprint density at radius 2 is 1.67 bits per heavy atom. The van der Waals surface area contributed by atoms with Gasteiger partial charge >= 0.3 is 0 Å². The molecule has 0 bridgehead atoms. The van der Waals surface area contributed by atoms with E-state index in [-0.39, 0.29) is 35.5 Å². The summed E-state index contributed by atoms with van der Waals surface area (Å²) in [5.74, 6) is 0.446. The number of morpholine rings is 1. The van der Waals surface area contributed by atoms with Crippen LogP contribution in [0, 0.1) is 15.9 Å². The minimum atomic E-state index is -0.411. The molecule has 0 unspecified atom stereocenters. The minimum absolute atomic E-state index is 0. The number of aliphatic imine (C=N–C) groups is 1. The summed E-state index contributed by atoms with van der Waals surface area (Å²) in [7, 11) is 0. The molecule has 10 heteroatoms. The maximum absolute atomic E-state index is 13.1. The monoisotopic (exact) mass is 571 g/mol. The van der Waals surface area contributed by atoms with Gasteiger partial charge in [0.05, 0.1) is 24.7 Å². The van der Waals surface area contributed by atoms with E-state index in [1.54, 1.807) is 24.3 Å². The first-order valence-electron chi connectivity index (χ1n) is 10.9. The molecule has 3 rings (SSSR count). The van der Waals surface area contributed by atoms with Crippen molar-refractivity contribution in [3.05, 3.63) is 75.6 Å². The van der Waals surface area contributed by atoms with Gasteiger partial charge in [-0.3, -0.25) is 15.0 Å². The third kappa shape index (κ3) is 10.0. The normalized spacial score (nSPS) is 14.4. The molecule has 0 aliphatic carbocycles. The zero-order valence-corrected chi connectivity index (χ0v) is 20.9. The lowest BCUT2D eigenvalue weighted by Gasteiger charge is -2.26. The number of non-ortho nitro benzene ring substituents is 1. The van der Waals surface area contributed by atoms with Gasteiger partial charge < -0.3 is 15.4 Å². The molecule has 1 fully saturated rings. The lowest BCUT2D eigenvalue weighted by atomic mass is 10.1. The number of nitrogens with one attached hydrogen (secondary N) is 2.